The van der Waals surface area contributed by atoms with Crippen LogP contribution in [-0.2, 0) is 16.1 Å². The Morgan fingerprint density at radius 1 is 1.15 bits per heavy atom. The first-order valence-electron chi connectivity index (χ1n) is 6.39. The number of ether oxygens (including phenoxy) is 1. The third-order valence-electron chi connectivity index (χ3n) is 3.49. The van der Waals surface area contributed by atoms with Crippen molar-refractivity contribution in [2.45, 2.75) is 39.8 Å². The van der Waals surface area contributed by atoms with E-state index in [4.69, 9.17) is 4.74 Å². The average molecular weight is 279 g/mol. The van der Waals surface area contributed by atoms with E-state index in [0.717, 1.165) is 5.56 Å². The lowest BCUT2D eigenvalue weighted by atomic mass is 9.75. The number of nitrogens with one attached hydrogen (secondary N) is 1. The highest BCUT2D eigenvalue weighted by Gasteiger charge is 2.46. The average Bonchev–Trinajstić information content (AvgIpc) is 2.36. The zero-order chi connectivity index (χ0) is 15.4. The summed E-state index contributed by atoms with van der Waals surface area (Å²) in [5.41, 5.74) is -1.21. The number of benzene rings is 1. The number of hydrogen-bond donors (Lipinski definition) is 2. The molecule has 0 fully saturated rings. The summed E-state index contributed by atoms with van der Waals surface area (Å²) in [6.07, 6.45) is -0.742. The molecule has 1 atom stereocenters. The van der Waals surface area contributed by atoms with E-state index in [0.29, 0.717) is 0 Å². The molecule has 5 heteroatoms. The van der Waals surface area contributed by atoms with Crippen LogP contribution >= 0.6 is 0 Å². The third kappa shape index (κ3) is 3.73. The highest BCUT2D eigenvalue weighted by Crippen LogP contribution is 2.30. The summed E-state index contributed by atoms with van der Waals surface area (Å²) in [5, 5.41) is 11.8. The van der Waals surface area contributed by atoms with Crippen LogP contribution in [0.3, 0.4) is 0 Å². The monoisotopic (exact) mass is 279 g/mol. The molecule has 0 aliphatic heterocycles. The minimum Gasteiger partial charge on any atom is -0.479 e. The number of amides is 1. The Morgan fingerprint density at radius 2 is 1.70 bits per heavy atom. The predicted octanol–water partition coefficient (Wildman–Crippen LogP) is 2.80. The van der Waals surface area contributed by atoms with Crippen molar-refractivity contribution >= 4 is 12.1 Å². The molecule has 20 heavy (non-hydrogen) atoms. The van der Waals surface area contributed by atoms with Gasteiger partial charge in [-0.2, -0.15) is 0 Å². The van der Waals surface area contributed by atoms with E-state index < -0.39 is 23.0 Å². The molecule has 0 spiro atoms. The molecular weight excluding hydrogens is 258 g/mol. The second-order valence-electron chi connectivity index (χ2n) is 5.87. The minimum absolute atomic E-state index is 0.104. The van der Waals surface area contributed by atoms with Gasteiger partial charge >= 0.3 is 12.1 Å². The molecule has 1 rings (SSSR count). The summed E-state index contributed by atoms with van der Waals surface area (Å²) in [5.74, 6) is -1.10. The zero-order valence-electron chi connectivity index (χ0n) is 12.3. The molecule has 0 heterocycles. The van der Waals surface area contributed by atoms with Gasteiger partial charge in [0.25, 0.3) is 0 Å². The van der Waals surface area contributed by atoms with Gasteiger partial charge in [-0.05, 0) is 17.9 Å². The molecule has 0 aliphatic rings. The van der Waals surface area contributed by atoms with Crippen molar-refractivity contribution in [2.75, 3.05) is 0 Å². The van der Waals surface area contributed by atoms with Gasteiger partial charge in [-0.3, -0.25) is 0 Å². The van der Waals surface area contributed by atoms with Gasteiger partial charge < -0.3 is 15.2 Å². The van der Waals surface area contributed by atoms with Gasteiger partial charge in [0.1, 0.15) is 12.1 Å². The Morgan fingerprint density at radius 3 is 2.15 bits per heavy atom. The number of carbonyl (C=O) groups excluding carboxylic acids is 1. The summed E-state index contributed by atoms with van der Waals surface area (Å²) in [6, 6.07) is 9.20. The van der Waals surface area contributed by atoms with Gasteiger partial charge in [0.15, 0.2) is 0 Å². The molecule has 1 amide bonds. The van der Waals surface area contributed by atoms with Crippen molar-refractivity contribution in [1.82, 2.24) is 5.32 Å². The van der Waals surface area contributed by atoms with Crippen LogP contribution in [0.2, 0.25) is 0 Å². The van der Waals surface area contributed by atoms with Crippen molar-refractivity contribution in [1.29, 1.82) is 0 Å². The summed E-state index contributed by atoms with van der Waals surface area (Å²) < 4.78 is 5.06. The van der Waals surface area contributed by atoms with Crippen molar-refractivity contribution < 1.29 is 19.4 Å². The maximum atomic E-state index is 11.8. The lowest BCUT2D eigenvalue weighted by Crippen LogP contribution is -2.60. The van der Waals surface area contributed by atoms with Crippen LogP contribution in [0.1, 0.15) is 33.3 Å². The molecule has 0 bridgehead atoms. The fourth-order valence-electron chi connectivity index (χ4n) is 1.53. The van der Waals surface area contributed by atoms with Crippen LogP contribution in [-0.4, -0.2) is 22.7 Å². The Kier molecular flexibility index (Phi) is 4.76. The Bertz CT molecular complexity index is 478. The molecule has 1 aromatic rings. The van der Waals surface area contributed by atoms with Gasteiger partial charge in [-0.1, -0.05) is 51.1 Å². The second-order valence-corrected chi connectivity index (χ2v) is 5.87. The lowest BCUT2D eigenvalue weighted by molar-refractivity contribution is -0.148. The second kappa shape index (κ2) is 5.94. The van der Waals surface area contributed by atoms with Crippen molar-refractivity contribution in [2.24, 2.45) is 5.41 Å². The maximum Gasteiger partial charge on any atom is 0.408 e. The first-order chi connectivity index (χ1) is 9.17. The Labute approximate surface area is 118 Å². The molecule has 110 valence electrons. The van der Waals surface area contributed by atoms with Gasteiger partial charge in [-0.15, -0.1) is 0 Å². The Hall–Kier alpha value is -2.04. The van der Waals surface area contributed by atoms with E-state index in [1.165, 1.54) is 6.92 Å². The fourth-order valence-corrected chi connectivity index (χ4v) is 1.53. The standard InChI is InChI=1S/C15H21NO4/c1-14(2,3)15(4,12(17)18)16-13(19)20-10-11-8-6-5-7-9-11/h5-9H,10H2,1-4H3,(H,16,19)(H,17,18)/t15-/m0/s1. The number of hydrogen-bond acceptors (Lipinski definition) is 3. The summed E-state index contributed by atoms with van der Waals surface area (Å²) in [4.78, 5) is 23.2. The number of carboxylic acid groups (broad SMARTS) is 1. The van der Waals surface area contributed by atoms with E-state index in [-0.39, 0.29) is 6.61 Å². The fraction of sp³-hybridized carbons (Fsp3) is 0.467. The molecule has 1 aromatic carbocycles. The first-order valence-corrected chi connectivity index (χ1v) is 6.39. The zero-order valence-corrected chi connectivity index (χ0v) is 12.3. The van der Waals surface area contributed by atoms with Crippen LogP contribution < -0.4 is 5.32 Å². The van der Waals surface area contributed by atoms with E-state index in [1.54, 1.807) is 20.8 Å². The smallest absolute Gasteiger partial charge is 0.408 e. The summed E-state index contributed by atoms with van der Waals surface area (Å²) in [6.45, 7) is 6.82. The molecule has 0 unspecified atom stereocenters. The minimum atomic E-state index is -1.40. The van der Waals surface area contributed by atoms with Crippen molar-refractivity contribution in [3.63, 3.8) is 0 Å². The quantitative estimate of drug-likeness (QED) is 0.888. The predicted molar refractivity (Wildman–Crippen MR) is 75.3 cm³/mol. The molecule has 0 radical (unpaired) electrons. The molecule has 0 aromatic heterocycles. The van der Waals surface area contributed by atoms with E-state index in [2.05, 4.69) is 5.32 Å². The van der Waals surface area contributed by atoms with Gasteiger partial charge in [0.05, 0.1) is 0 Å². The van der Waals surface area contributed by atoms with Gasteiger partial charge in [0.2, 0.25) is 0 Å². The van der Waals surface area contributed by atoms with Crippen LogP contribution in [0, 0.1) is 5.41 Å². The van der Waals surface area contributed by atoms with Crippen LogP contribution in [0.4, 0.5) is 4.79 Å². The summed E-state index contributed by atoms with van der Waals surface area (Å²) >= 11 is 0. The van der Waals surface area contributed by atoms with Crippen molar-refractivity contribution in [3.05, 3.63) is 35.9 Å². The molecule has 2 N–H and O–H groups in total. The van der Waals surface area contributed by atoms with Crippen LogP contribution in [0.5, 0.6) is 0 Å². The first kappa shape index (κ1) is 16.0. The highest BCUT2D eigenvalue weighted by molar-refractivity contribution is 5.84. The maximum absolute atomic E-state index is 11.8. The number of alkyl carbamates (subject to hydrolysis) is 1. The number of aliphatic carboxylic acids is 1. The molecule has 0 saturated carbocycles. The van der Waals surface area contributed by atoms with E-state index in [9.17, 15) is 14.7 Å². The van der Waals surface area contributed by atoms with Crippen LogP contribution in [0.25, 0.3) is 0 Å². The third-order valence-corrected chi connectivity index (χ3v) is 3.49. The molecule has 0 aliphatic carbocycles. The SMILES string of the molecule is CC(C)(C)[C@@](C)(NC(=O)OCc1ccccc1)C(=O)O. The lowest BCUT2D eigenvalue weighted by Gasteiger charge is -2.38. The van der Waals surface area contributed by atoms with Gasteiger partial charge in [-0.25, -0.2) is 9.59 Å². The number of carboxylic acids is 1. The molecule has 5 nitrogen and oxygen atoms in total. The number of carbonyl (C=O) groups is 2. The summed E-state index contributed by atoms with van der Waals surface area (Å²) in [7, 11) is 0. The normalized spacial score (nSPS) is 14.2. The van der Waals surface area contributed by atoms with E-state index >= 15 is 0 Å². The van der Waals surface area contributed by atoms with Crippen LogP contribution in [0.15, 0.2) is 30.3 Å². The van der Waals surface area contributed by atoms with Gasteiger partial charge in [0, 0.05) is 0 Å². The van der Waals surface area contributed by atoms with Crippen molar-refractivity contribution in [3.8, 4) is 0 Å². The molecule has 0 saturated heterocycles. The topological polar surface area (TPSA) is 75.6 Å². The Balaban J connectivity index is 2.67. The van der Waals surface area contributed by atoms with E-state index in [1.807, 2.05) is 30.3 Å². The largest absolute Gasteiger partial charge is 0.479 e. The highest BCUT2D eigenvalue weighted by atomic mass is 16.5. The number of rotatable bonds is 4. The molecular formula is C15H21NO4.